The molecule has 0 fully saturated rings. The van der Waals surface area contributed by atoms with Gasteiger partial charge in [0, 0.05) is 36.8 Å². The predicted molar refractivity (Wildman–Crippen MR) is 95.0 cm³/mol. The molecule has 0 unspecified atom stereocenters. The number of allylic oxidation sites excluding steroid dienone is 2. The summed E-state index contributed by atoms with van der Waals surface area (Å²) in [7, 11) is 0. The van der Waals surface area contributed by atoms with Crippen molar-refractivity contribution in [3.63, 3.8) is 0 Å². The summed E-state index contributed by atoms with van der Waals surface area (Å²) < 4.78 is 5.14. The van der Waals surface area contributed by atoms with Gasteiger partial charge in [-0.1, -0.05) is 12.2 Å². The first kappa shape index (κ1) is 18.5. The minimum atomic E-state index is -0.529. The standard InChI is InChI=1S/C18H14N2O6/c1-13(21)26-18(15-7-11-17(12-8-15)20(24)25)4-2-3-14-5-9-16(10-6-14)19(22)23/h2-12H,1H3/b3-2+,18-4+. The van der Waals surface area contributed by atoms with Gasteiger partial charge in [-0.2, -0.15) is 0 Å². The largest absolute Gasteiger partial charge is 0.426 e. The van der Waals surface area contributed by atoms with Crippen molar-refractivity contribution in [2.24, 2.45) is 0 Å². The molecule has 26 heavy (non-hydrogen) atoms. The summed E-state index contributed by atoms with van der Waals surface area (Å²) in [6, 6.07) is 11.5. The van der Waals surface area contributed by atoms with Gasteiger partial charge in [0.15, 0.2) is 0 Å². The first-order chi connectivity index (χ1) is 12.4. The summed E-state index contributed by atoms with van der Waals surface area (Å²) in [5.74, 6) is -0.302. The van der Waals surface area contributed by atoms with Crippen molar-refractivity contribution in [1.82, 2.24) is 0 Å². The fraction of sp³-hybridized carbons (Fsp3) is 0.0556. The molecule has 0 atom stereocenters. The Labute approximate surface area is 148 Å². The number of nitrogens with zero attached hydrogens (tertiary/aromatic N) is 2. The minimum absolute atomic E-state index is 0.0100. The Balaban J connectivity index is 2.23. The SMILES string of the molecule is CC(=O)O/C(=C/C=C/c1ccc([N+](=O)[O-])cc1)c1ccc([N+](=O)[O-])cc1. The van der Waals surface area contributed by atoms with Gasteiger partial charge in [-0.15, -0.1) is 0 Å². The van der Waals surface area contributed by atoms with Crippen LogP contribution in [0.25, 0.3) is 11.8 Å². The highest BCUT2D eigenvalue weighted by Crippen LogP contribution is 2.21. The van der Waals surface area contributed by atoms with Crippen LogP contribution in [0, 0.1) is 20.2 Å². The number of hydrogen-bond acceptors (Lipinski definition) is 6. The molecule has 0 saturated heterocycles. The zero-order chi connectivity index (χ0) is 19.1. The van der Waals surface area contributed by atoms with Gasteiger partial charge in [-0.25, -0.2) is 0 Å². The lowest BCUT2D eigenvalue weighted by molar-refractivity contribution is -0.385. The van der Waals surface area contributed by atoms with E-state index in [1.54, 1.807) is 24.3 Å². The molecule has 8 heteroatoms. The van der Waals surface area contributed by atoms with E-state index in [9.17, 15) is 25.0 Å². The van der Waals surface area contributed by atoms with E-state index in [0.29, 0.717) is 5.56 Å². The Hall–Kier alpha value is -3.81. The Morgan fingerprint density at radius 2 is 1.42 bits per heavy atom. The third-order valence-electron chi connectivity index (χ3n) is 3.26. The number of benzene rings is 2. The monoisotopic (exact) mass is 354 g/mol. The summed E-state index contributed by atoms with van der Waals surface area (Å²) in [5, 5.41) is 21.3. The zero-order valence-corrected chi connectivity index (χ0v) is 13.7. The lowest BCUT2D eigenvalue weighted by Gasteiger charge is -2.06. The van der Waals surface area contributed by atoms with Crippen LogP contribution in [0.15, 0.2) is 60.7 Å². The Kier molecular flexibility index (Phi) is 5.94. The number of rotatable bonds is 6. The Bertz CT molecular complexity index is 883. The van der Waals surface area contributed by atoms with Gasteiger partial charge < -0.3 is 4.74 Å². The smallest absolute Gasteiger partial charge is 0.308 e. The van der Waals surface area contributed by atoms with Crippen LogP contribution in [0.3, 0.4) is 0 Å². The lowest BCUT2D eigenvalue weighted by Crippen LogP contribution is -1.98. The third kappa shape index (κ3) is 5.10. The topological polar surface area (TPSA) is 113 Å². The van der Waals surface area contributed by atoms with Gasteiger partial charge in [0.25, 0.3) is 11.4 Å². The van der Waals surface area contributed by atoms with Gasteiger partial charge in [0.05, 0.1) is 9.85 Å². The van der Waals surface area contributed by atoms with Gasteiger partial charge in [-0.3, -0.25) is 25.0 Å². The van der Waals surface area contributed by atoms with Crippen molar-refractivity contribution in [2.45, 2.75) is 6.92 Å². The fourth-order valence-corrected chi connectivity index (χ4v) is 2.05. The minimum Gasteiger partial charge on any atom is -0.426 e. The number of carbonyl (C=O) groups excluding carboxylic acids is 1. The molecule has 0 saturated carbocycles. The summed E-state index contributed by atoms with van der Waals surface area (Å²) in [5.41, 5.74) is 1.14. The van der Waals surface area contributed by atoms with Crippen LogP contribution < -0.4 is 0 Å². The highest BCUT2D eigenvalue weighted by atomic mass is 16.6. The molecule has 2 aromatic rings. The molecule has 132 valence electrons. The number of non-ortho nitro benzene ring substituents is 2. The summed E-state index contributed by atoms with van der Waals surface area (Å²) >= 11 is 0. The number of nitro benzene ring substituents is 2. The molecule has 0 N–H and O–H groups in total. The molecule has 0 aliphatic rings. The first-order valence-electron chi connectivity index (χ1n) is 7.43. The molecule has 0 heterocycles. The van der Waals surface area contributed by atoms with Crippen LogP contribution in [0.4, 0.5) is 11.4 Å². The van der Waals surface area contributed by atoms with E-state index in [1.165, 1.54) is 49.4 Å². The first-order valence-corrected chi connectivity index (χ1v) is 7.43. The Morgan fingerprint density at radius 3 is 1.88 bits per heavy atom. The van der Waals surface area contributed by atoms with Crippen molar-refractivity contribution in [1.29, 1.82) is 0 Å². The van der Waals surface area contributed by atoms with Gasteiger partial charge in [0.1, 0.15) is 5.76 Å². The third-order valence-corrected chi connectivity index (χ3v) is 3.26. The van der Waals surface area contributed by atoms with Gasteiger partial charge >= 0.3 is 5.97 Å². The average Bonchev–Trinajstić information content (AvgIpc) is 2.61. The molecule has 0 radical (unpaired) electrons. The van der Waals surface area contributed by atoms with Crippen LogP contribution >= 0.6 is 0 Å². The number of hydrogen-bond donors (Lipinski definition) is 0. The van der Waals surface area contributed by atoms with E-state index >= 15 is 0 Å². The second-order valence-corrected chi connectivity index (χ2v) is 5.14. The van der Waals surface area contributed by atoms with Crippen LogP contribution in [0.1, 0.15) is 18.1 Å². The molecule has 2 aromatic carbocycles. The van der Waals surface area contributed by atoms with E-state index in [4.69, 9.17) is 4.74 Å². The zero-order valence-electron chi connectivity index (χ0n) is 13.7. The number of ether oxygens (including phenoxy) is 1. The summed E-state index contributed by atoms with van der Waals surface area (Å²) in [6.45, 7) is 1.25. The molecule has 0 aromatic heterocycles. The highest BCUT2D eigenvalue weighted by molar-refractivity contribution is 5.77. The summed E-state index contributed by atoms with van der Waals surface area (Å²) in [6.07, 6.45) is 4.82. The molecule has 0 aliphatic carbocycles. The maximum absolute atomic E-state index is 11.3. The Morgan fingerprint density at radius 1 is 0.923 bits per heavy atom. The quantitative estimate of drug-likeness (QED) is 0.253. The van der Waals surface area contributed by atoms with E-state index in [-0.39, 0.29) is 17.1 Å². The van der Waals surface area contributed by atoms with Crippen LogP contribution in [0.5, 0.6) is 0 Å². The van der Waals surface area contributed by atoms with Gasteiger partial charge in [0.2, 0.25) is 0 Å². The number of esters is 1. The van der Waals surface area contributed by atoms with Crippen LogP contribution in [-0.2, 0) is 9.53 Å². The van der Waals surface area contributed by atoms with Crippen molar-refractivity contribution in [3.05, 3.63) is 92.0 Å². The molecule has 8 nitrogen and oxygen atoms in total. The molecule has 0 aliphatic heterocycles. The molecule has 2 rings (SSSR count). The number of carbonyl (C=O) groups is 1. The maximum atomic E-state index is 11.3. The van der Waals surface area contributed by atoms with E-state index in [1.807, 2.05) is 0 Å². The molecule has 0 amide bonds. The van der Waals surface area contributed by atoms with Crippen molar-refractivity contribution in [3.8, 4) is 0 Å². The maximum Gasteiger partial charge on any atom is 0.308 e. The molecular weight excluding hydrogens is 340 g/mol. The van der Waals surface area contributed by atoms with Crippen LogP contribution in [0.2, 0.25) is 0 Å². The molecular formula is C18H14N2O6. The second kappa shape index (κ2) is 8.34. The van der Waals surface area contributed by atoms with Gasteiger partial charge in [-0.05, 0) is 35.9 Å². The lowest BCUT2D eigenvalue weighted by atomic mass is 10.1. The van der Waals surface area contributed by atoms with Crippen molar-refractivity contribution >= 4 is 29.2 Å². The van der Waals surface area contributed by atoms with Crippen molar-refractivity contribution in [2.75, 3.05) is 0 Å². The van der Waals surface area contributed by atoms with E-state index in [2.05, 4.69) is 0 Å². The summed E-state index contributed by atoms with van der Waals surface area (Å²) in [4.78, 5) is 31.6. The number of nitro groups is 2. The van der Waals surface area contributed by atoms with E-state index < -0.39 is 15.8 Å². The average molecular weight is 354 g/mol. The molecule has 0 spiro atoms. The predicted octanol–water partition coefficient (Wildman–Crippen LogP) is 4.12. The second-order valence-electron chi connectivity index (χ2n) is 5.14. The van der Waals surface area contributed by atoms with Crippen molar-refractivity contribution < 1.29 is 19.4 Å². The normalized spacial score (nSPS) is 11.3. The fourth-order valence-electron chi connectivity index (χ4n) is 2.05. The van der Waals surface area contributed by atoms with E-state index in [0.717, 1.165) is 5.56 Å². The molecule has 0 bridgehead atoms. The highest BCUT2D eigenvalue weighted by Gasteiger charge is 2.09. The van der Waals surface area contributed by atoms with Crippen LogP contribution in [-0.4, -0.2) is 15.8 Å².